The first kappa shape index (κ1) is 12.9. The molecule has 0 spiro atoms. The molecule has 1 unspecified atom stereocenters. The minimum absolute atomic E-state index is 0.104. The fourth-order valence-corrected chi connectivity index (χ4v) is 4.45. The van der Waals surface area contributed by atoms with Gasteiger partial charge < -0.3 is 19.3 Å². The van der Waals surface area contributed by atoms with E-state index in [4.69, 9.17) is 14.2 Å². The quantitative estimate of drug-likeness (QED) is 0.795. The number of aliphatic hydroxyl groups excluding tert-OH is 1. The van der Waals surface area contributed by atoms with Crippen LogP contribution >= 0.6 is 0 Å². The van der Waals surface area contributed by atoms with Crippen molar-refractivity contribution in [3.8, 4) is 11.5 Å². The predicted molar refractivity (Wildman–Crippen MR) is 79.0 cm³/mol. The van der Waals surface area contributed by atoms with E-state index in [-0.39, 0.29) is 6.10 Å². The molecule has 116 valence electrons. The highest BCUT2D eigenvalue weighted by atomic mass is 16.7. The maximum Gasteiger partial charge on any atom is 0.231 e. The number of hydrogen-bond acceptors (Lipinski definition) is 5. The van der Waals surface area contributed by atoms with Gasteiger partial charge in [-0.05, 0) is 35.3 Å². The van der Waals surface area contributed by atoms with Gasteiger partial charge >= 0.3 is 0 Å². The molecule has 5 heteroatoms. The summed E-state index contributed by atoms with van der Waals surface area (Å²) in [7, 11) is 1.68. The first-order valence-electron chi connectivity index (χ1n) is 7.83. The summed E-state index contributed by atoms with van der Waals surface area (Å²) in [6.07, 6.45) is 2.27. The second kappa shape index (κ2) is 4.47. The van der Waals surface area contributed by atoms with Crippen LogP contribution in [-0.2, 0) is 11.3 Å². The second-order valence-electron chi connectivity index (χ2n) is 6.57. The van der Waals surface area contributed by atoms with Gasteiger partial charge in [0, 0.05) is 32.2 Å². The fourth-order valence-electron chi connectivity index (χ4n) is 4.45. The molecule has 1 fully saturated rings. The highest BCUT2D eigenvalue weighted by Gasteiger charge is 2.46. The third-order valence-corrected chi connectivity index (χ3v) is 5.53. The Morgan fingerprint density at radius 1 is 1.27 bits per heavy atom. The van der Waals surface area contributed by atoms with Gasteiger partial charge in [0.25, 0.3) is 0 Å². The van der Waals surface area contributed by atoms with Gasteiger partial charge in [0.2, 0.25) is 6.79 Å². The number of methoxy groups -OCH3 is 1. The second-order valence-corrected chi connectivity index (χ2v) is 6.57. The summed E-state index contributed by atoms with van der Waals surface area (Å²) < 4.78 is 16.5. The zero-order valence-corrected chi connectivity index (χ0v) is 12.5. The molecule has 0 saturated carbocycles. The molecule has 5 nitrogen and oxygen atoms in total. The SMILES string of the molecule is CO[C@@H]1C[C@@H]2C(=C[C@H]1O)[C@@H]1CN2Cc2cc3c(cc21)OCO3. The van der Waals surface area contributed by atoms with Gasteiger partial charge in [0.15, 0.2) is 11.5 Å². The summed E-state index contributed by atoms with van der Waals surface area (Å²) in [5, 5.41) is 10.3. The van der Waals surface area contributed by atoms with Crippen molar-refractivity contribution in [2.75, 3.05) is 20.4 Å². The third-order valence-electron chi connectivity index (χ3n) is 5.53. The summed E-state index contributed by atoms with van der Waals surface area (Å²) >= 11 is 0. The summed E-state index contributed by atoms with van der Waals surface area (Å²) in [6, 6.07) is 4.64. The fraction of sp³-hybridized carbons (Fsp3) is 0.529. The number of ether oxygens (including phenoxy) is 3. The Morgan fingerprint density at radius 3 is 2.91 bits per heavy atom. The van der Waals surface area contributed by atoms with E-state index in [1.54, 1.807) is 7.11 Å². The van der Waals surface area contributed by atoms with E-state index >= 15 is 0 Å². The highest BCUT2D eigenvalue weighted by molar-refractivity contribution is 5.54. The lowest BCUT2D eigenvalue weighted by atomic mass is 9.82. The first-order valence-corrected chi connectivity index (χ1v) is 7.83. The molecule has 1 saturated heterocycles. The van der Waals surface area contributed by atoms with Crippen LogP contribution in [0.25, 0.3) is 0 Å². The lowest BCUT2D eigenvalue weighted by Crippen LogP contribution is -2.40. The first-order chi connectivity index (χ1) is 10.7. The minimum atomic E-state index is -0.505. The number of nitrogens with zero attached hydrogens (tertiary/aromatic N) is 1. The van der Waals surface area contributed by atoms with E-state index < -0.39 is 6.10 Å². The van der Waals surface area contributed by atoms with Crippen LogP contribution in [0.15, 0.2) is 23.8 Å². The number of fused-ring (bicyclic) bond motifs is 8. The van der Waals surface area contributed by atoms with Crippen molar-refractivity contribution in [3.05, 3.63) is 34.9 Å². The zero-order chi connectivity index (χ0) is 14.8. The molecule has 5 atom stereocenters. The lowest BCUT2D eigenvalue weighted by Gasteiger charge is -2.33. The Hall–Kier alpha value is -1.56. The molecular weight excluding hydrogens is 282 g/mol. The van der Waals surface area contributed by atoms with E-state index in [0.29, 0.717) is 18.8 Å². The van der Waals surface area contributed by atoms with Gasteiger partial charge in [0.1, 0.15) is 0 Å². The molecule has 0 radical (unpaired) electrons. The predicted octanol–water partition coefficient (Wildman–Crippen LogP) is 1.40. The Balaban J connectivity index is 1.59. The largest absolute Gasteiger partial charge is 0.454 e. The molecule has 0 aromatic heterocycles. The van der Waals surface area contributed by atoms with E-state index in [1.807, 2.05) is 6.08 Å². The molecule has 4 aliphatic rings. The minimum Gasteiger partial charge on any atom is -0.454 e. The molecule has 3 aliphatic heterocycles. The normalized spacial score (nSPS) is 37.5. The molecule has 1 N–H and O–H groups in total. The summed E-state index contributed by atoms with van der Waals surface area (Å²) in [5.74, 6) is 2.06. The standard InChI is InChI=1S/C17H19NO4/c1-20-15-5-13-11(3-14(15)19)12-7-18(13)6-9-2-16-17(4-10(9)12)22-8-21-16/h2-4,12-15,19H,5-8H2,1H3/t12-,13-,14-,15-/m1/s1. The van der Waals surface area contributed by atoms with Crippen LogP contribution < -0.4 is 9.47 Å². The molecule has 0 amide bonds. The number of benzene rings is 1. The van der Waals surface area contributed by atoms with Gasteiger partial charge in [0.05, 0.1) is 12.2 Å². The molecule has 22 heavy (non-hydrogen) atoms. The van der Waals surface area contributed by atoms with Gasteiger partial charge in [-0.25, -0.2) is 0 Å². The summed E-state index contributed by atoms with van der Waals surface area (Å²) in [5.41, 5.74) is 4.00. The van der Waals surface area contributed by atoms with Crippen molar-refractivity contribution in [1.29, 1.82) is 0 Å². The molecule has 5 rings (SSSR count). The molecule has 1 aliphatic carbocycles. The Morgan fingerprint density at radius 2 is 2.09 bits per heavy atom. The van der Waals surface area contributed by atoms with E-state index in [0.717, 1.165) is 31.0 Å². The van der Waals surface area contributed by atoms with Crippen molar-refractivity contribution >= 4 is 0 Å². The van der Waals surface area contributed by atoms with Crippen LogP contribution in [0.4, 0.5) is 0 Å². The Bertz CT molecular complexity index is 671. The van der Waals surface area contributed by atoms with Gasteiger partial charge in [-0.1, -0.05) is 6.08 Å². The maximum atomic E-state index is 10.3. The van der Waals surface area contributed by atoms with Crippen molar-refractivity contribution < 1.29 is 19.3 Å². The van der Waals surface area contributed by atoms with Crippen molar-refractivity contribution in [2.24, 2.45) is 0 Å². The van der Waals surface area contributed by atoms with E-state index in [1.165, 1.54) is 16.7 Å². The number of aliphatic hydroxyl groups is 1. The molecule has 3 heterocycles. The average Bonchev–Trinajstić information content (AvgIpc) is 3.08. The summed E-state index contributed by atoms with van der Waals surface area (Å²) in [4.78, 5) is 2.50. The van der Waals surface area contributed by atoms with E-state index in [9.17, 15) is 5.11 Å². The van der Waals surface area contributed by atoms with Crippen LogP contribution in [0.3, 0.4) is 0 Å². The van der Waals surface area contributed by atoms with Gasteiger partial charge in [-0.2, -0.15) is 0 Å². The third kappa shape index (κ3) is 1.64. The number of rotatable bonds is 1. The van der Waals surface area contributed by atoms with Crippen LogP contribution in [0.2, 0.25) is 0 Å². The Labute approximate surface area is 129 Å². The van der Waals surface area contributed by atoms with Crippen LogP contribution in [-0.4, -0.2) is 48.7 Å². The zero-order valence-electron chi connectivity index (χ0n) is 12.5. The van der Waals surface area contributed by atoms with Crippen LogP contribution in [0, 0.1) is 0 Å². The average molecular weight is 301 g/mol. The van der Waals surface area contributed by atoms with Crippen LogP contribution in [0.5, 0.6) is 11.5 Å². The van der Waals surface area contributed by atoms with Gasteiger partial charge in [-0.3, -0.25) is 4.90 Å². The molecule has 1 aromatic carbocycles. The van der Waals surface area contributed by atoms with E-state index in [2.05, 4.69) is 17.0 Å². The monoisotopic (exact) mass is 301 g/mol. The highest BCUT2D eigenvalue weighted by Crippen LogP contribution is 2.49. The topological polar surface area (TPSA) is 51.2 Å². The van der Waals surface area contributed by atoms with Crippen molar-refractivity contribution in [2.45, 2.75) is 37.1 Å². The summed E-state index contributed by atoms with van der Waals surface area (Å²) in [6.45, 7) is 2.26. The molecule has 1 aromatic rings. The lowest BCUT2D eigenvalue weighted by molar-refractivity contribution is -0.0108. The number of hydrogen-bond donors (Lipinski definition) is 1. The smallest absolute Gasteiger partial charge is 0.231 e. The van der Waals surface area contributed by atoms with Gasteiger partial charge in [-0.15, -0.1) is 0 Å². The molecular formula is C17H19NO4. The molecule has 2 bridgehead atoms. The van der Waals surface area contributed by atoms with Crippen molar-refractivity contribution in [3.63, 3.8) is 0 Å². The van der Waals surface area contributed by atoms with Crippen LogP contribution in [0.1, 0.15) is 23.5 Å². The Kier molecular flexibility index (Phi) is 2.63. The van der Waals surface area contributed by atoms with Crippen molar-refractivity contribution in [1.82, 2.24) is 4.90 Å². The maximum absolute atomic E-state index is 10.3.